The van der Waals surface area contributed by atoms with Crippen LogP contribution in [0.1, 0.15) is 34.7 Å². The molecular formula is C17H20N2O6. The first-order valence-corrected chi connectivity index (χ1v) is 7.74. The summed E-state index contributed by atoms with van der Waals surface area (Å²) in [6, 6.07) is 8.73. The Hall–Kier alpha value is -2.87. The van der Waals surface area contributed by atoms with E-state index in [1.165, 1.54) is 13.2 Å². The van der Waals surface area contributed by atoms with Crippen molar-refractivity contribution in [2.45, 2.75) is 26.0 Å². The van der Waals surface area contributed by atoms with Gasteiger partial charge >= 0.3 is 5.97 Å². The Morgan fingerprint density at radius 1 is 1.28 bits per heavy atom. The van der Waals surface area contributed by atoms with Gasteiger partial charge in [0, 0.05) is 26.1 Å². The standard InChI is InChI=1S/C17H20N2O6/c1-23-11-14-9-15(19-25-14)17(22)18-10-12-4-6-13(7-5-12)24-8-2-3-16(20)21/h4-7,9H,2-3,8,10-11H2,1H3,(H,18,22)(H,20,21). The number of aliphatic carboxylic acids is 1. The van der Waals surface area contributed by atoms with Gasteiger partial charge in [0.05, 0.1) is 6.61 Å². The number of carboxylic acids is 1. The minimum absolute atomic E-state index is 0.0816. The number of nitrogens with zero attached hydrogens (tertiary/aromatic N) is 1. The van der Waals surface area contributed by atoms with Gasteiger partial charge < -0.3 is 24.4 Å². The maximum atomic E-state index is 12.0. The molecule has 0 saturated carbocycles. The zero-order valence-corrected chi connectivity index (χ0v) is 13.9. The number of carboxylic acid groups (broad SMARTS) is 1. The SMILES string of the molecule is COCc1cc(C(=O)NCc2ccc(OCCCC(=O)O)cc2)no1. The molecule has 1 heterocycles. The second kappa shape index (κ2) is 9.43. The Labute approximate surface area is 144 Å². The van der Waals surface area contributed by atoms with Crippen LogP contribution in [0.2, 0.25) is 0 Å². The van der Waals surface area contributed by atoms with E-state index in [9.17, 15) is 9.59 Å². The number of methoxy groups -OCH3 is 1. The van der Waals surface area contributed by atoms with Gasteiger partial charge in [0.25, 0.3) is 5.91 Å². The van der Waals surface area contributed by atoms with E-state index < -0.39 is 5.97 Å². The van der Waals surface area contributed by atoms with Gasteiger partial charge in [-0.3, -0.25) is 9.59 Å². The molecule has 1 aromatic heterocycles. The van der Waals surface area contributed by atoms with Gasteiger partial charge in [-0.2, -0.15) is 0 Å². The van der Waals surface area contributed by atoms with E-state index in [1.54, 1.807) is 12.1 Å². The van der Waals surface area contributed by atoms with Crippen LogP contribution in [0, 0.1) is 0 Å². The summed E-state index contributed by atoms with van der Waals surface area (Å²) in [6.45, 7) is 0.942. The minimum Gasteiger partial charge on any atom is -0.494 e. The zero-order valence-electron chi connectivity index (χ0n) is 13.9. The molecule has 0 aliphatic carbocycles. The van der Waals surface area contributed by atoms with E-state index in [0.717, 1.165) is 5.56 Å². The highest BCUT2D eigenvalue weighted by atomic mass is 16.5. The first-order chi connectivity index (χ1) is 12.1. The molecule has 134 valence electrons. The first kappa shape index (κ1) is 18.5. The predicted molar refractivity (Wildman–Crippen MR) is 87.2 cm³/mol. The van der Waals surface area contributed by atoms with Crippen LogP contribution in [-0.4, -0.2) is 35.9 Å². The van der Waals surface area contributed by atoms with Crippen molar-refractivity contribution in [3.63, 3.8) is 0 Å². The third kappa shape index (κ3) is 6.27. The molecule has 25 heavy (non-hydrogen) atoms. The number of aromatic nitrogens is 1. The number of hydrogen-bond acceptors (Lipinski definition) is 6. The molecule has 2 rings (SSSR count). The van der Waals surface area contributed by atoms with Crippen molar-refractivity contribution in [3.05, 3.63) is 47.3 Å². The lowest BCUT2D eigenvalue weighted by molar-refractivity contribution is -0.137. The van der Waals surface area contributed by atoms with Crippen LogP contribution in [0.25, 0.3) is 0 Å². The highest BCUT2D eigenvalue weighted by molar-refractivity contribution is 5.92. The van der Waals surface area contributed by atoms with Crippen molar-refractivity contribution in [2.75, 3.05) is 13.7 Å². The number of rotatable bonds is 10. The van der Waals surface area contributed by atoms with Crippen molar-refractivity contribution in [1.29, 1.82) is 0 Å². The molecule has 1 amide bonds. The topological polar surface area (TPSA) is 111 Å². The first-order valence-electron chi connectivity index (χ1n) is 7.74. The van der Waals surface area contributed by atoms with Crippen molar-refractivity contribution in [2.24, 2.45) is 0 Å². The largest absolute Gasteiger partial charge is 0.494 e. The predicted octanol–water partition coefficient (Wildman–Crippen LogP) is 1.99. The summed E-state index contributed by atoms with van der Waals surface area (Å²) >= 11 is 0. The average Bonchev–Trinajstić information content (AvgIpc) is 3.06. The molecule has 0 atom stereocenters. The van der Waals surface area contributed by atoms with Gasteiger partial charge in [-0.05, 0) is 24.1 Å². The fourth-order valence-electron chi connectivity index (χ4n) is 2.02. The van der Waals surface area contributed by atoms with Crippen molar-refractivity contribution in [1.82, 2.24) is 10.5 Å². The van der Waals surface area contributed by atoms with Crippen molar-refractivity contribution < 1.29 is 28.7 Å². The van der Waals surface area contributed by atoms with Crippen LogP contribution in [0.5, 0.6) is 5.75 Å². The zero-order chi connectivity index (χ0) is 18.1. The average molecular weight is 348 g/mol. The van der Waals surface area contributed by atoms with Gasteiger partial charge in [-0.15, -0.1) is 0 Å². The van der Waals surface area contributed by atoms with E-state index in [-0.39, 0.29) is 24.6 Å². The lowest BCUT2D eigenvalue weighted by Gasteiger charge is -2.07. The third-order valence-corrected chi connectivity index (χ3v) is 3.26. The Morgan fingerprint density at radius 2 is 2.04 bits per heavy atom. The fraction of sp³-hybridized carbons (Fsp3) is 0.353. The van der Waals surface area contributed by atoms with Gasteiger partial charge in [0.1, 0.15) is 12.4 Å². The van der Waals surface area contributed by atoms with E-state index in [2.05, 4.69) is 10.5 Å². The Morgan fingerprint density at radius 3 is 2.72 bits per heavy atom. The lowest BCUT2D eigenvalue weighted by Crippen LogP contribution is -2.23. The number of amides is 1. The van der Waals surface area contributed by atoms with Gasteiger partial charge in [0.15, 0.2) is 11.5 Å². The molecule has 0 aliphatic rings. The highest BCUT2D eigenvalue weighted by Crippen LogP contribution is 2.13. The van der Waals surface area contributed by atoms with Crippen LogP contribution in [0.3, 0.4) is 0 Å². The Bertz CT molecular complexity index is 695. The van der Waals surface area contributed by atoms with Crippen LogP contribution in [0.4, 0.5) is 0 Å². The number of hydrogen-bond donors (Lipinski definition) is 2. The molecule has 8 nitrogen and oxygen atoms in total. The highest BCUT2D eigenvalue weighted by Gasteiger charge is 2.12. The quantitative estimate of drug-likeness (QED) is 0.632. The molecular weight excluding hydrogens is 328 g/mol. The van der Waals surface area contributed by atoms with Crippen molar-refractivity contribution in [3.8, 4) is 5.75 Å². The summed E-state index contributed by atoms with van der Waals surface area (Å²) in [4.78, 5) is 22.4. The molecule has 2 N–H and O–H groups in total. The molecule has 0 unspecified atom stereocenters. The summed E-state index contributed by atoms with van der Waals surface area (Å²) in [6.07, 6.45) is 0.536. The number of benzene rings is 1. The maximum Gasteiger partial charge on any atom is 0.303 e. The van der Waals surface area contributed by atoms with Gasteiger partial charge in [-0.1, -0.05) is 17.3 Å². The summed E-state index contributed by atoms with van der Waals surface area (Å²) in [5.41, 5.74) is 1.09. The summed E-state index contributed by atoms with van der Waals surface area (Å²) < 4.78 is 15.3. The molecule has 8 heteroatoms. The molecule has 0 spiro atoms. The number of carbonyl (C=O) groups excluding carboxylic acids is 1. The number of nitrogens with one attached hydrogen (secondary N) is 1. The molecule has 2 aromatic rings. The fourth-order valence-corrected chi connectivity index (χ4v) is 2.02. The summed E-state index contributed by atoms with van der Waals surface area (Å²) in [5, 5.41) is 15.0. The van der Waals surface area contributed by atoms with Gasteiger partial charge in [0.2, 0.25) is 0 Å². The lowest BCUT2D eigenvalue weighted by atomic mass is 10.2. The van der Waals surface area contributed by atoms with Crippen LogP contribution < -0.4 is 10.1 Å². The molecule has 0 bridgehead atoms. The second-order valence-corrected chi connectivity index (χ2v) is 5.28. The second-order valence-electron chi connectivity index (χ2n) is 5.28. The van der Waals surface area contributed by atoms with Crippen LogP contribution in [-0.2, 0) is 22.7 Å². The van der Waals surface area contributed by atoms with Gasteiger partial charge in [-0.25, -0.2) is 0 Å². The van der Waals surface area contributed by atoms with Crippen molar-refractivity contribution >= 4 is 11.9 Å². The maximum absolute atomic E-state index is 12.0. The van der Waals surface area contributed by atoms with Crippen LogP contribution >= 0.6 is 0 Å². The monoisotopic (exact) mass is 348 g/mol. The van der Waals surface area contributed by atoms with E-state index >= 15 is 0 Å². The number of carbonyl (C=O) groups is 2. The molecule has 0 fully saturated rings. The Balaban J connectivity index is 1.76. The smallest absolute Gasteiger partial charge is 0.303 e. The Kier molecular flexibility index (Phi) is 6.97. The minimum atomic E-state index is -0.837. The van der Waals surface area contributed by atoms with E-state index in [4.69, 9.17) is 19.1 Å². The molecule has 1 aromatic carbocycles. The summed E-state index contributed by atoms with van der Waals surface area (Å²) in [5.74, 6) is -0.0329. The molecule has 0 radical (unpaired) electrons. The number of ether oxygens (including phenoxy) is 2. The molecule has 0 saturated heterocycles. The van der Waals surface area contributed by atoms with Crippen LogP contribution in [0.15, 0.2) is 34.9 Å². The third-order valence-electron chi connectivity index (χ3n) is 3.26. The van der Waals surface area contributed by atoms with E-state index in [1.807, 2.05) is 12.1 Å². The molecule has 0 aliphatic heterocycles. The van der Waals surface area contributed by atoms with E-state index in [0.29, 0.717) is 31.1 Å². The summed E-state index contributed by atoms with van der Waals surface area (Å²) in [7, 11) is 1.53. The normalized spacial score (nSPS) is 10.4.